The fourth-order valence-corrected chi connectivity index (χ4v) is 1.94. The second-order valence-corrected chi connectivity index (χ2v) is 4.60. The van der Waals surface area contributed by atoms with E-state index in [-0.39, 0.29) is 5.02 Å². The minimum Gasteiger partial charge on any atom is -0.399 e. The fraction of sp³-hybridized carbons (Fsp3) is 0.143. The molecule has 0 unspecified atom stereocenters. The van der Waals surface area contributed by atoms with Gasteiger partial charge in [-0.2, -0.15) is 0 Å². The van der Waals surface area contributed by atoms with Crippen LogP contribution in [0.4, 0.5) is 15.8 Å². The lowest BCUT2D eigenvalue weighted by Gasteiger charge is -2.19. The van der Waals surface area contributed by atoms with Gasteiger partial charge < -0.3 is 10.6 Å². The highest BCUT2D eigenvalue weighted by Gasteiger charge is 2.05. The monoisotopic (exact) mass is 264 g/mol. The van der Waals surface area contributed by atoms with Gasteiger partial charge >= 0.3 is 0 Å². The van der Waals surface area contributed by atoms with Crippen LogP contribution in [-0.2, 0) is 6.54 Å². The first-order chi connectivity index (χ1) is 8.56. The van der Waals surface area contributed by atoms with Crippen LogP contribution in [0.1, 0.15) is 5.56 Å². The van der Waals surface area contributed by atoms with E-state index in [1.165, 1.54) is 6.07 Å². The number of benzene rings is 2. The molecule has 2 nitrogen and oxygen atoms in total. The van der Waals surface area contributed by atoms with Crippen LogP contribution in [-0.4, -0.2) is 7.05 Å². The van der Waals surface area contributed by atoms with E-state index in [0.717, 1.165) is 16.9 Å². The molecule has 0 aliphatic carbocycles. The van der Waals surface area contributed by atoms with Crippen molar-refractivity contribution in [2.24, 2.45) is 0 Å². The first-order valence-corrected chi connectivity index (χ1v) is 5.94. The Morgan fingerprint density at radius 1 is 1.17 bits per heavy atom. The van der Waals surface area contributed by atoms with Gasteiger partial charge in [0.2, 0.25) is 0 Å². The molecule has 0 saturated heterocycles. The first-order valence-electron chi connectivity index (χ1n) is 5.57. The zero-order valence-electron chi connectivity index (χ0n) is 10.0. The zero-order chi connectivity index (χ0) is 13.1. The van der Waals surface area contributed by atoms with Crippen molar-refractivity contribution in [1.82, 2.24) is 0 Å². The van der Waals surface area contributed by atoms with Crippen molar-refractivity contribution < 1.29 is 4.39 Å². The second kappa shape index (κ2) is 5.27. The summed E-state index contributed by atoms with van der Waals surface area (Å²) in [5.41, 5.74) is 8.38. The Morgan fingerprint density at radius 3 is 2.44 bits per heavy atom. The highest BCUT2D eigenvalue weighted by Crippen LogP contribution is 2.20. The Hall–Kier alpha value is -1.74. The largest absolute Gasteiger partial charge is 0.399 e. The SMILES string of the molecule is CN(Cc1ccc(F)c(Cl)c1)c1ccc(N)cc1. The van der Waals surface area contributed by atoms with Crippen molar-refractivity contribution in [2.75, 3.05) is 17.7 Å². The molecule has 0 amide bonds. The molecule has 0 spiro atoms. The van der Waals surface area contributed by atoms with Gasteiger partial charge in [0.25, 0.3) is 0 Å². The Bertz CT molecular complexity index is 540. The lowest BCUT2D eigenvalue weighted by molar-refractivity contribution is 0.627. The molecule has 0 aliphatic rings. The summed E-state index contributed by atoms with van der Waals surface area (Å²) in [6.07, 6.45) is 0. The molecule has 2 rings (SSSR count). The predicted molar refractivity (Wildman–Crippen MR) is 74.4 cm³/mol. The van der Waals surface area contributed by atoms with Crippen molar-refractivity contribution in [3.05, 3.63) is 58.9 Å². The summed E-state index contributed by atoms with van der Waals surface area (Å²) >= 11 is 5.75. The van der Waals surface area contributed by atoms with Gasteiger partial charge in [0.1, 0.15) is 5.82 Å². The first kappa shape index (κ1) is 12.7. The Morgan fingerprint density at radius 2 is 1.83 bits per heavy atom. The average molecular weight is 265 g/mol. The molecule has 4 heteroatoms. The molecule has 0 heterocycles. The Balaban J connectivity index is 2.13. The molecule has 0 radical (unpaired) electrons. The van der Waals surface area contributed by atoms with Crippen LogP contribution < -0.4 is 10.6 Å². The molecular formula is C14H14ClFN2. The number of nitrogens with zero attached hydrogens (tertiary/aromatic N) is 1. The van der Waals surface area contributed by atoms with E-state index >= 15 is 0 Å². The smallest absolute Gasteiger partial charge is 0.141 e. The minimum absolute atomic E-state index is 0.151. The molecule has 0 aliphatic heterocycles. The van der Waals surface area contributed by atoms with E-state index in [0.29, 0.717) is 6.54 Å². The fourth-order valence-electron chi connectivity index (χ4n) is 1.73. The molecule has 0 fully saturated rings. The van der Waals surface area contributed by atoms with Gasteiger partial charge in [0.05, 0.1) is 5.02 Å². The highest BCUT2D eigenvalue weighted by atomic mass is 35.5. The molecule has 18 heavy (non-hydrogen) atoms. The summed E-state index contributed by atoms with van der Waals surface area (Å²) in [5, 5.41) is 0.151. The van der Waals surface area contributed by atoms with Crippen LogP contribution in [0.2, 0.25) is 5.02 Å². The average Bonchev–Trinajstić information content (AvgIpc) is 2.34. The third-order valence-electron chi connectivity index (χ3n) is 2.74. The van der Waals surface area contributed by atoms with E-state index in [1.807, 2.05) is 36.2 Å². The molecule has 2 aromatic carbocycles. The number of rotatable bonds is 3. The molecule has 2 aromatic rings. The van der Waals surface area contributed by atoms with Crippen LogP contribution in [0.5, 0.6) is 0 Å². The van der Waals surface area contributed by atoms with Crippen LogP contribution in [0.15, 0.2) is 42.5 Å². The maximum atomic E-state index is 13.0. The van der Waals surface area contributed by atoms with Gasteiger partial charge in [-0.25, -0.2) is 4.39 Å². The zero-order valence-corrected chi connectivity index (χ0v) is 10.8. The van der Waals surface area contributed by atoms with Gasteiger partial charge in [-0.05, 0) is 42.0 Å². The number of hydrogen-bond acceptors (Lipinski definition) is 2. The summed E-state index contributed by atoms with van der Waals surface area (Å²) in [6, 6.07) is 12.3. The second-order valence-electron chi connectivity index (χ2n) is 4.20. The van der Waals surface area contributed by atoms with Crippen molar-refractivity contribution >= 4 is 23.0 Å². The number of hydrogen-bond donors (Lipinski definition) is 1. The minimum atomic E-state index is -0.393. The quantitative estimate of drug-likeness (QED) is 0.857. The number of nitrogen functional groups attached to an aromatic ring is 1. The maximum Gasteiger partial charge on any atom is 0.141 e. The van der Waals surface area contributed by atoms with E-state index in [9.17, 15) is 4.39 Å². The van der Waals surface area contributed by atoms with Crippen molar-refractivity contribution in [1.29, 1.82) is 0 Å². The van der Waals surface area contributed by atoms with E-state index in [4.69, 9.17) is 17.3 Å². The van der Waals surface area contributed by atoms with Crippen molar-refractivity contribution in [2.45, 2.75) is 6.54 Å². The van der Waals surface area contributed by atoms with Gasteiger partial charge in [0, 0.05) is 25.0 Å². The lowest BCUT2D eigenvalue weighted by Crippen LogP contribution is -2.16. The lowest BCUT2D eigenvalue weighted by atomic mass is 10.2. The third-order valence-corrected chi connectivity index (χ3v) is 3.03. The van der Waals surface area contributed by atoms with E-state index in [2.05, 4.69) is 0 Å². The summed E-state index contributed by atoms with van der Waals surface area (Å²) < 4.78 is 13.0. The number of anilines is 2. The Labute approximate surface area is 111 Å². The molecule has 0 bridgehead atoms. The van der Waals surface area contributed by atoms with Crippen LogP contribution in [0.3, 0.4) is 0 Å². The molecular weight excluding hydrogens is 251 g/mol. The topological polar surface area (TPSA) is 29.3 Å². The Kier molecular flexibility index (Phi) is 3.72. The highest BCUT2D eigenvalue weighted by molar-refractivity contribution is 6.30. The number of halogens is 2. The summed E-state index contributed by atoms with van der Waals surface area (Å²) in [6.45, 7) is 0.657. The molecule has 2 N–H and O–H groups in total. The molecule has 0 atom stereocenters. The summed E-state index contributed by atoms with van der Waals surface area (Å²) in [5.74, 6) is -0.393. The molecule has 0 saturated carbocycles. The third kappa shape index (κ3) is 2.93. The van der Waals surface area contributed by atoms with Crippen LogP contribution >= 0.6 is 11.6 Å². The van der Waals surface area contributed by atoms with Gasteiger partial charge in [-0.3, -0.25) is 0 Å². The van der Waals surface area contributed by atoms with Gasteiger partial charge in [0.15, 0.2) is 0 Å². The maximum absolute atomic E-state index is 13.0. The number of nitrogens with two attached hydrogens (primary N) is 1. The van der Waals surface area contributed by atoms with E-state index in [1.54, 1.807) is 12.1 Å². The predicted octanol–water partition coefficient (Wildman–Crippen LogP) is 3.70. The summed E-state index contributed by atoms with van der Waals surface area (Å²) in [7, 11) is 1.96. The van der Waals surface area contributed by atoms with Crippen LogP contribution in [0, 0.1) is 5.82 Å². The van der Waals surface area contributed by atoms with Crippen molar-refractivity contribution in [3.8, 4) is 0 Å². The molecule has 0 aromatic heterocycles. The van der Waals surface area contributed by atoms with Gasteiger partial charge in [-0.1, -0.05) is 17.7 Å². The van der Waals surface area contributed by atoms with E-state index < -0.39 is 5.82 Å². The van der Waals surface area contributed by atoms with Crippen LogP contribution in [0.25, 0.3) is 0 Å². The molecule has 94 valence electrons. The standard InChI is InChI=1S/C14H14ClFN2/c1-18(12-5-3-11(17)4-6-12)9-10-2-7-14(16)13(15)8-10/h2-8H,9,17H2,1H3. The normalized spacial score (nSPS) is 10.4. The summed E-state index contributed by atoms with van der Waals surface area (Å²) in [4.78, 5) is 2.04. The van der Waals surface area contributed by atoms with Crippen molar-refractivity contribution in [3.63, 3.8) is 0 Å². The van der Waals surface area contributed by atoms with Gasteiger partial charge in [-0.15, -0.1) is 0 Å².